The number of hydrogen-bond donors (Lipinski definition) is 2. The number of Topliss-reactive ketones (excluding diaryl/α,β-unsaturated/α-hetero) is 1. The van der Waals surface area contributed by atoms with Gasteiger partial charge in [0.2, 0.25) is 5.78 Å². The van der Waals surface area contributed by atoms with Gasteiger partial charge in [0.25, 0.3) is 0 Å². The second-order valence-corrected chi connectivity index (χ2v) is 4.34. The summed E-state index contributed by atoms with van der Waals surface area (Å²) in [5.74, 6) is 0.656. The van der Waals surface area contributed by atoms with Crippen LogP contribution in [-0.4, -0.2) is 24.5 Å². The van der Waals surface area contributed by atoms with Crippen molar-refractivity contribution in [2.75, 3.05) is 12.4 Å². The Kier molecular flexibility index (Phi) is 1.92. The molecule has 5 nitrogen and oxygen atoms in total. The van der Waals surface area contributed by atoms with Crippen LogP contribution in [0.2, 0.25) is 0 Å². The molecule has 1 aromatic carbocycles. The first-order chi connectivity index (χ1) is 8.14. The van der Waals surface area contributed by atoms with E-state index in [1.54, 1.807) is 18.2 Å². The molecule has 1 fully saturated rings. The lowest BCUT2D eigenvalue weighted by atomic mass is 10.1. The summed E-state index contributed by atoms with van der Waals surface area (Å²) in [6, 6.07) is 4.81. The summed E-state index contributed by atoms with van der Waals surface area (Å²) in [5.41, 5.74) is 0.586. The number of ether oxygens (including phenoxy) is 1. The number of rotatable bonds is 1. The first kappa shape index (κ1) is 10.1. The zero-order valence-electron chi connectivity index (χ0n) is 9.37. The van der Waals surface area contributed by atoms with Gasteiger partial charge in [-0.1, -0.05) is 0 Å². The van der Waals surface area contributed by atoms with Crippen molar-refractivity contribution in [3.05, 3.63) is 23.8 Å². The maximum Gasteiger partial charge on any atom is 0.318 e. The third kappa shape index (κ3) is 1.46. The lowest BCUT2D eigenvalue weighted by molar-refractivity contribution is 0.0820. The fourth-order valence-electron chi connectivity index (χ4n) is 2.01. The van der Waals surface area contributed by atoms with Crippen LogP contribution in [0.3, 0.4) is 0 Å². The minimum Gasteiger partial charge on any atom is -0.478 e. The van der Waals surface area contributed by atoms with Gasteiger partial charge in [-0.2, -0.15) is 0 Å². The van der Waals surface area contributed by atoms with Crippen LogP contribution in [0.4, 0.5) is 10.5 Å². The number of urea groups is 1. The summed E-state index contributed by atoms with van der Waals surface area (Å²) in [6.45, 7) is 0. The average molecular weight is 232 g/mol. The molecule has 2 aliphatic rings. The first-order valence-electron chi connectivity index (χ1n) is 5.51. The van der Waals surface area contributed by atoms with Crippen molar-refractivity contribution in [1.82, 2.24) is 5.32 Å². The Morgan fingerprint density at radius 1 is 1.41 bits per heavy atom. The maximum absolute atomic E-state index is 12.0. The van der Waals surface area contributed by atoms with Gasteiger partial charge in [-0.3, -0.25) is 4.79 Å². The SMILES string of the molecule is CNC(=O)Nc1ccc2c(c1)C(=O)C1(CC1)O2. The van der Waals surface area contributed by atoms with Gasteiger partial charge >= 0.3 is 6.03 Å². The van der Waals surface area contributed by atoms with Gasteiger partial charge in [-0.25, -0.2) is 4.79 Å². The molecule has 0 radical (unpaired) electrons. The van der Waals surface area contributed by atoms with E-state index in [1.807, 2.05) is 0 Å². The molecule has 2 amide bonds. The van der Waals surface area contributed by atoms with Crippen molar-refractivity contribution in [2.45, 2.75) is 18.4 Å². The molecule has 1 aromatic rings. The number of nitrogens with one attached hydrogen (secondary N) is 2. The van der Waals surface area contributed by atoms with Crippen LogP contribution in [-0.2, 0) is 0 Å². The molecule has 3 rings (SSSR count). The number of fused-ring (bicyclic) bond motifs is 1. The molecule has 0 atom stereocenters. The fraction of sp³-hybridized carbons (Fsp3) is 0.333. The predicted octanol–water partition coefficient (Wildman–Crippen LogP) is 1.55. The van der Waals surface area contributed by atoms with E-state index in [4.69, 9.17) is 4.74 Å². The van der Waals surface area contributed by atoms with E-state index < -0.39 is 5.60 Å². The van der Waals surface area contributed by atoms with Gasteiger partial charge in [-0.05, 0) is 31.0 Å². The third-order valence-electron chi connectivity index (χ3n) is 3.13. The summed E-state index contributed by atoms with van der Waals surface area (Å²) >= 11 is 0. The van der Waals surface area contributed by atoms with Crippen molar-refractivity contribution >= 4 is 17.5 Å². The van der Waals surface area contributed by atoms with Gasteiger partial charge in [0.05, 0.1) is 5.56 Å². The van der Waals surface area contributed by atoms with Gasteiger partial charge in [0.15, 0.2) is 5.60 Å². The first-order valence-corrected chi connectivity index (χ1v) is 5.51. The number of benzene rings is 1. The molecule has 1 heterocycles. The van der Waals surface area contributed by atoms with Gasteiger partial charge in [-0.15, -0.1) is 0 Å². The highest BCUT2D eigenvalue weighted by molar-refractivity contribution is 6.10. The summed E-state index contributed by atoms with van der Waals surface area (Å²) < 4.78 is 5.63. The van der Waals surface area contributed by atoms with Gasteiger partial charge in [0, 0.05) is 12.7 Å². The molecular weight excluding hydrogens is 220 g/mol. The molecule has 1 saturated carbocycles. The Labute approximate surface area is 98.1 Å². The lowest BCUT2D eigenvalue weighted by Gasteiger charge is -2.05. The van der Waals surface area contributed by atoms with E-state index in [1.165, 1.54) is 7.05 Å². The summed E-state index contributed by atoms with van der Waals surface area (Å²) in [7, 11) is 1.54. The summed E-state index contributed by atoms with van der Waals surface area (Å²) in [6.07, 6.45) is 1.58. The summed E-state index contributed by atoms with van der Waals surface area (Å²) in [4.78, 5) is 23.2. The van der Waals surface area contributed by atoms with E-state index in [9.17, 15) is 9.59 Å². The van der Waals surface area contributed by atoms with E-state index in [2.05, 4.69) is 10.6 Å². The highest BCUT2D eigenvalue weighted by Crippen LogP contribution is 2.50. The molecule has 17 heavy (non-hydrogen) atoms. The molecule has 1 spiro atoms. The maximum atomic E-state index is 12.0. The van der Waals surface area contributed by atoms with E-state index in [0.717, 1.165) is 12.8 Å². The Hall–Kier alpha value is -2.04. The second-order valence-electron chi connectivity index (χ2n) is 4.34. The number of hydrogen-bond acceptors (Lipinski definition) is 3. The van der Waals surface area contributed by atoms with Crippen LogP contribution in [0, 0.1) is 0 Å². The molecule has 5 heteroatoms. The number of ketones is 1. The summed E-state index contributed by atoms with van der Waals surface area (Å²) in [5, 5.41) is 5.09. The van der Waals surface area contributed by atoms with E-state index in [0.29, 0.717) is 17.0 Å². The molecule has 0 aromatic heterocycles. The molecule has 0 saturated heterocycles. The average Bonchev–Trinajstić information content (AvgIpc) is 3.05. The molecule has 1 aliphatic carbocycles. The quantitative estimate of drug-likeness (QED) is 0.771. The Balaban J connectivity index is 1.90. The standard InChI is InChI=1S/C12H12N2O3/c1-13-11(16)14-7-2-3-9-8(6-7)10(15)12(17-9)4-5-12/h2-3,6H,4-5H2,1H3,(H2,13,14,16). The second kappa shape index (κ2) is 3.23. The van der Waals surface area contributed by atoms with Crippen LogP contribution in [0.5, 0.6) is 5.75 Å². The molecule has 0 unspecified atom stereocenters. The molecular formula is C12H12N2O3. The molecule has 1 aliphatic heterocycles. The van der Waals surface area contributed by atoms with Gasteiger partial charge < -0.3 is 15.4 Å². The van der Waals surface area contributed by atoms with Crippen LogP contribution in [0.25, 0.3) is 0 Å². The van der Waals surface area contributed by atoms with E-state index in [-0.39, 0.29) is 11.8 Å². The van der Waals surface area contributed by atoms with Crippen molar-refractivity contribution in [2.24, 2.45) is 0 Å². The molecule has 2 N–H and O–H groups in total. The van der Waals surface area contributed by atoms with Crippen molar-refractivity contribution in [3.63, 3.8) is 0 Å². The van der Waals surface area contributed by atoms with Crippen molar-refractivity contribution in [1.29, 1.82) is 0 Å². The number of anilines is 1. The number of carbonyl (C=O) groups is 2. The predicted molar refractivity (Wildman–Crippen MR) is 61.4 cm³/mol. The normalized spacial score (nSPS) is 18.5. The minimum absolute atomic E-state index is 0.0352. The van der Waals surface area contributed by atoms with Crippen molar-refractivity contribution in [3.8, 4) is 5.75 Å². The smallest absolute Gasteiger partial charge is 0.318 e. The highest BCUT2D eigenvalue weighted by Gasteiger charge is 2.57. The molecule has 0 bridgehead atoms. The Bertz CT molecular complexity index is 520. The Morgan fingerprint density at radius 2 is 2.18 bits per heavy atom. The lowest BCUT2D eigenvalue weighted by Crippen LogP contribution is -2.24. The highest BCUT2D eigenvalue weighted by atomic mass is 16.5. The van der Waals surface area contributed by atoms with Gasteiger partial charge in [0.1, 0.15) is 5.75 Å². The molecule has 88 valence electrons. The van der Waals surface area contributed by atoms with Crippen molar-refractivity contribution < 1.29 is 14.3 Å². The zero-order valence-corrected chi connectivity index (χ0v) is 9.37. The third-order valence-corrected chi connectivity index (χ3v) is 3.13. The van der Waals surface area contributed by atoms with Crippen LogP contribution < -0.4 is 15.4 Å². The van der Waals surface area contributed by atoms with Crippen LogP contribution >= 0.6 is 0 Å². The number of amides is 2. The van der Waals surface area contributed by atoms with E-state index >= 15 is 0 Å². The van der Waals surface area contributed by atoms with Crippen LogP contribution in [0.15, 0.2) is 18.2 Å². The minimum atomic E-state index is -0.575. The monoisotopic (exact) mass is 232 g/mol. The van der Waals surface area contributed by atoms with Crippen LogP contribution in [0.1, 0.15) is 23.2 Å². The Morgan fingerprint density at radius 3 is 2.82 bits per heavy atom. The fourth-order valence-corrected chi connectivity index (χ4v) is 2.01. The zero-order chi connectivity index (χ0) is 12.0. The number of carbonyl (C=O) groups excluding carboxylic acids is 2. The largest absolute Gasteiger partial charge is 0.478 e. The topological polar surface area (TPSA) is 67.4 Å².